The molecule has 1 heterocycles. The van der Waals surface area contributed by atoms with Gasteiger partial charge in [0.15, 0.2) is 5.78 Å². The highest BCUT2D eigenvalue weighted by molar-refractivity contribution is 7.21. The van der Waals surface area contributed by atoms with Crippen molar-refractivity contribution >= 4 is 27.3 Å². The summed E-state index contributed by atoms with van der Waals surface area (Å²) in [6.45, 7) is 5.85. The van der Waals surface area contributed by atoms with E-state index in [-0.39, 0.29) is 5.78 Å². The third-order valence-corrected chi connectivity index (χ3v) is 4.45. The first-order valence-electron chi connectivity index (χ1n) is 6.96. The molecule has 0 amide bonds. The number of aromatic nitrogens is 1. The number of fused-ring (bicyclic) bond motifs is 1. The highest BCUT2D eigenvalue weighted by Gasteiger charge is 2.26. The molecule has 0 radical (unpaired) electrons. The second kappa shape index (κ2) is 5.08. The predicted octanol–water partition coefficient (Wildman–Crippen LogP) is 5.19. The monoisotopic (exact) mass is 295 g/mol. The third-order valence-electron chi connectivity index (χ3n) is 3.38. The molecule has 0 aliphatic heterocycles. The number of benzene rings is 2. The summed E-state index contributed by atoms with van der Waals surface area (Å²) >= 11 is 1.63. The summed E-state index contributed by atoms with van der Waals surface area (Å²) in [4.78, 5) is 17.3. The van der Waals surface area contributed by atoms with Crippen LogP contribution in [-0.4, -0.2) is 10.8 Å². The number of carbonyl (C=O) groups excluding carboxylic acids is 1. The molecule has 0 fully saturated rings. The van der Waals surface area contributed by atoms with Crippen LogP contribution in [-0.2, 0) is 0 Å². The Labute approximate surface area is 128 Å². The number of rotatable bonds is 2. The minimum Gasteiger partial charge on any atom is -0.294 e. The van der Waals surface area contributed by atoms with E-state index in [0.29, 0.717) is 0 Å². The first kappa shape index (κ1) is 14.0. The Morgan fingerprint density at radius 2 is 1.67 bits per heavy atom. The van der Waals surface area contributed by atoms with Gasteiger partial charge < -0.3 is 0 Å². The van der Waals surface area contributed by atoms with Crippen molar-refractivity contribution in [2.75, 3.05) is 0 Å². The molecule has 2 nitrogen and oxygen atoms in total. The normalized spacial score (nSPS) is 11.8. The summed E-state index contributed by atoms with van der Waals surface area (Å²) in [6, 6.07) is 15.8. The molecule has 3 heteroatoms. The summed E-state index contributed by atoms with van der Waals surface area (Å²) in [5.41, 5.74) is 2.27. The first-order chi connectivity index (χ1) is 9.97. The number of thiazole rings is 1. The standard InChI is InChI=1S/C18H17NOS/c1-18(2,3)16(20)12-8-4-5-9-13(12)17-19-14-10-6-7-11-15(14)21-17/h4-11H,1-3H3. The van der Waals surface area contributed by atoms with Crippen molar-refractivity contribution in [1.82, 2.24) is 4.98 Å². The Hall–Kier alpha value is -2.00. The third kappa shape index (κ3) is 2.61. The average molecular weight is 295 g/mol. The van der Waals surface area contributed by atoms with Gasteiger partial charge in [0, 0.05) is 16.5 Å². The maximum atomic E-state index is 12.7. The van der Waals surface area contributed by atoms with Gasteiger partial charge in [0.2, 0.25) is 0 Å². The number of para-hydroxylation sites is 1. The molecule has 0 saturated carbocycles. The molecule has 0 unspecified atom stereocenters. The van der Waals surface area contributed by atoms with E-state index < -0.39 is 5.41 Å². The maximum absolute atomic E-state index is 12.7. The zero-order valence-corrected chi connectivity index (χ0v) is 13.2. The van der Waals surface area contributed by atoms with Crippen LogP contribution in [0.15, 0.2) is 48.5 Å². The fraction of sp³-hybridized carbons (Fsp3) is 0.222. The summed E-state index contributed by atoms with van der Waals surface area (Å²) in [5, 5.41) is 0.907. The van der Waals surface area contributed by atoms with E-state index in [1.807, 2.05) is 63.2 Å². The molecule has 1 aromatic heterocycles. The van der Waals surface area contributed by atoms with Crippen molar-refractivity contribution in [3.05, 3.63) is 54.1 Å². The number of hydrogen-bond acceptors (Lipinski definition) is 3. The van der Waals surface area contributed by atoms with E-state index in [2.05, 4.69) is 11.1 Å². The summed E-state index contributed by atoms with van der Waals surface area (Å²) in [5.74, 6) is 0.150. The van der Waals surface area contributed by atoms with Crippen LogP contribution in [0.2, 0.25) is 0 Å². The van der Waals surface area contributed by atoms with Crippen LogP contribution in [0.4, 0.5) is 0 Å². The van der Waals surface area contributed by atoms with Crippen LogP contribution in [0.25, 0.3) is 20.8 Å². The van der Waals surface area contributed by atoms with E-state index in [0.717, 1.165) is 26.4 Å². The average Bonchev–Trinajstić information content (AvgIpc) is 2.89. The zero-order chi connectivity index (χ0) is 15.0. The molecule has 0 aliphatic carbocycles. The molecular formula is C18H17NOS. The Bertz CT molecular complexity index is 778. The molecule has 0 atom stereocenters. The molecule has 0 N–H and O–H groups in total. The Balaban J connectivity index is 2.17. The molecule has 2 aromatic carbocycles. The van der Waals surface area contributed by atoms with Crippen LogP contribution in [0.1, 0.15) is 31.1 Å². The molecule has 3 rings (SSSR count). The molecule has 3 aromatic rings. The molecule has 0 spiro atoms. The van der Waals surface area contributed by atoms with Crippen LogP contribution in [0, 0.1) is 5.41 Å². The molecule has 106 valence electrons. The van der Waals surface area contributed by atoms with Gasteiger partial charge >= 0.3 is 0 Å². The predicted molar refractivity (Wildman–Crippen MR) is 88.8 cm³/mol. The fourth-order valence-electron chi connectivity index (χ4n) is 2.26. The highest BCUT2D eigenvalue weighted by Crippen LogP contribution is 2.34. The maximum Gasteiger partial charge on any atom is 0.168 e. The van der Waals surface area contributed by atoms with Gasteiger partial charge in [-0.1, -0.05) is 57.2 Å². The van der Waals surface area contributed by atoms with E-state index in [9.17, 15) is 4.79 Å². The van der Waals surface area contributed by atoms with E-state index in [1.165, 1.54) is 0 Å². The van der Waals surface area contributed by atoms with Crippen molar-refractivity contribution in [2.45, 2.75) is 20.8 Å². The first-order valence-corrected chi connectivity index (χ1v) is 7.78. The highest BCUT2D eigenvalue weighted by atomic mass is 32.1. The van der Waals surface area contributed by atoms with Gasteiger partial charge in [-0.05, 0) is 12.1 Å². The molecule has 0 saturated heterocycles. The van der Waals surface area contributed by atoms with Crippen LogP contribution in [0.5, 0.6) is 0 Å². The Morgan fingerprint density at radius 3 is 2.38 bits per heavy atom. The molecule has 0 bridgehead atoms. The van der Waals surface area contributed by atoms with Gasteiger partial charge in [0.25, 0.3) is 0 Å². The van der Waals surface area contributed by atoms with Gasteiger partial charge in [0.1, 0.15) is 5.01 Å². The summed E-state index contributed by atoms with van der Waals surface area (Å²) < 4.78 is 1.14. The van der Waals surface area contributed by atoms with E-state index in [4.69, 9.17) is 0 Å². The van der Waals surface area contributed by atoms with Gasteiger partial charge in [-0.15, -0.1) is 11.3 Å². The minimum atomic E-state index is -0.396. The lowest BCUT2D eigenvalue weighted by molar-refractivity contribution is 0.0859. The van der Waals surface area contributed by atoms with E-state index >= 15 is 0 Å². The van der Waals surface area contributed by atoms with Crippen molar-refractivity contribution in [3.63, 3.8) is 0 Å². The van der Waals surface area contributed by atoms with Crippen molar-refractivity contribution in [1.29, 1.82) is 0 Å². The van der Waals surface area contributed by atoms with Crippen molar-refractivity contribution < 1.29 is 4.79 Å². The van der Waals surface area contributed by atoms with Gasteiger partial charge in [-0.2, -0.15) is 0 Å². The van der Waals surface area contributed by atoms with Gasteiger partial charge in [-0.25, -0.2) is 4.98 Å². The van der Waals surface area contributed by atoms with Gasteiger partial charge in [-0.3, -0.25) is 4.79 Å². The lowest BCUT2D eigenvalue weighted by atomic mass is 9.85. The SMILES string of the molecule is CC(C)(C)C(=O)c1ccccc1-c1nc2ccccc2s1. The quantitative estimate of drug-likeness (QED) is 0.609. The lowest BCUT2D eigenvalue weighted by Gasteiger charge is -2.18. The van der Waals surface area contributed by atoms with Gasteiger partial charge in [0.05, 0.1) is 10.2 Å². The Morgan fingerprint density at radius 1 is 1.00 bits per heavy atom. The van der Waals surface area contributed by atoms with Crippen LogP contribution in [0.3, 0.4) is 0 Å². The topological polar surface area (TPSA) is 30.0 Å². The second-order valence-electron chi connectivity index (χ2n) is 6.11. The Kier molecular flexibility index (Phi) is 3.38. The van der Waals surface area contributed by atoms with Crippen molar-refractivity contribution in [3.8, 4) is 10.6 Å². The van der Waals surface area contributed by atoms with E-state index in [1.54, 1.807) is 11.3 Å². The second-order valence-corrected chi connectivity index (χ2v) is 7.14. The number of carbonyl (C=O) groups is 1. The smallest absolute Gasteiger partial charge is 0.168 e. The van der Waals surface area contributed by atoms with Crippen molar-refractivity contribution in [2.24, 2.45) is 5.41 Å². The lowest BCUT2D eigenvalue weighted by Crippen LogP contribution is -2.20. The fourth-order valence-corrected chi connectivity index (χ4v) is 3.26. The zero-order valence-electron chi connectivity index (χ0n) is 12.4. The molecule has 0 aliphatic rings. The number of ketones is 1. The summed E-state index contributed by atoms with van der Waals surface area (Å²) in [6.07, 6.45) is 0. The summed E-state index contributed by atoms with van der Waals surface area (Å²) in [7, 11) is 0. The molecular weight excluding hydrogens is 278 g/mol. The van der Waals surface area contributed by atoms with Crippen LogP contribution >= 0.6 is 11.3 Å². The minimum absolute atomic E-state index is 0.150. The number of nitrogens with zero attached hydrogens (tertiary/aromatic N) is 1. The largest absolute Gasteiger partial charge is 0.294 e. The van der Waals surface area contributed by atoms with Crippen LogP contribution < -0.4 is 0 Å². The number of Topliss-reactive ketones (excluding diaryl/α,β-unsaturated/α-hetero) is 1. The molecule has 21 heavy (non-hydrogen) atoms. The number of hydrogen-bond donors (Lipinski definition) is 0.